The molecule has 0 saturated heterocycles. The molecule has 1 atom stereocenters. The molecule has 0 aliphatic carbocycles. The highest BCUT2D eigenvalue weighted by Crippen LogP contribution is 1.85. The van der Waals surface area contributed by atoms with Gasteiger partial charge in [0.2, 0.25) is 5.91 Å². The molecule has 1 unspecified atom stereocenters. The molecule has 0 fully saturated rings. The number of hydrogen-bond donors (Lipinski definition) is 3. The van der Waals surface area contributed by atoms with Gasteiger partial charge in [-0.15, -0.1) is 0 Å². The molecular weight excluding hydrogens is 238 g/mol. The van der Waals surface area contributed by atoms with Gasteiger partial charge in [-0.05, 0) is 27.7 Å². The highest BCUT2D eigenvalue weighted by Gasteiger charge is 2.16. The summed E-state index contributed by atoms with van der Waals surface area (Å²) >= 11 is 0. The van der Waals surface area contributed by atoms with Crippen molar-refractivity contribution >= 4 is 17.9 Å². The molecule has 0 heterocycles. The maximum Gasteiger partial charge on any atom is 0.325 e. The standard InChI is InChI=1S/C11H21N3O4/c1-5-18-9(15)6-12-11(17)14-8(4)10(16)13-7(2)3/h7-8H,5-6H2,1-4H3,(H,13,16)(H2,12,14,17). The van der Waals surface area contributed by atoms with E-state index in [9.17, 15) is 14.4 Å². The molecular formula is C11H21N3O4. The molecule has 3 N–H and O–H groups in total. The highest BCUT2D eigenvalue weighted by molar-refractivity contribution is 5.87. The van der Waals surface area contributed by atoms with Crippen LogP contribution in [0.4, 0.5) is 4.79 Å². The lowest BCUT2D eigenvalue weighted by Crippen LogP contribution is -2.50. The third-order valence-corrected chi connectivity index (χ3v) is 1.87. The van der Waals surface area contributed by atoms with Gasteiger partial charge in [-0.25, -0.2) is 4.79 Å². The SMILES string of the molecule is CCOC(=O)CNC(=O)NC(C)C(=O)NC(C)C. The van der Waals surface area contributed by atoms with Gasteiger partial charge in [0.05, 0.1) is 6.61 Å². The monoisotopic (exact) mass is 259 g/mol. The Morgan fingerprint density at radius 1 is 1.11 bits per heavy atom. The number of esters is 1. The molecule has 7 nitrogen and oxygen atoms in total. The summed E-state index contributed by atoms with van der Waals surface area (Å²) in [5.41, 5.74) is 0. The zero-order chi connectivity index (χ0) is 14.1. The Bertz CT molecular complexity index is 305. The van der Waals surface area contributed by atoms with Gasteiger partial charge < -0.3 is 20.7 Å². The fraction of sp³-hybridized carbons (Fsp3) is 0.727. The number of urea groups is 1. The zero-order valence-electron chi connectivity index (χ0n) is 11.2. The van der Waals surface area contributed by atoms with Gasteiger partial charge in [-0.1, -0.05) is 0 Å². The fourth-order valence-electron chi connectivity index (χ4n) is 1.09. The van der Waals surface area contributed by atoms with Crippen molar-refractivity contribution in [2.24, 2.45) is 0 Å². The minimum Gasteiger partial charge on any atom is -0.465 e. The summed E-state index contributed by atoms with van der Waals surface area (Å²) in [6.07, 6.45) is 0. The summed E-state index contributed by atoms with van der Waals surface area (Å²) < 4.78 is 4.64. The van der Waals surface area contributed by atoms with Crippen LogP contribution in [0.15, 0.2) is 0 Å². The summed E-state index contributed by atoms with van der Waals surface area (Å²) in [4.78, 5) is 33.8. The van der Waals surface area contributed by atoms with E-state index in [2.05, 4.69) is 20.7 Å². The van der Waals surface area contributed by atoms with Gasteiger partial charge in [-0.2, -0.15) is 0 Å². The van der Waals surface area contributed by atoms with Crippen molar-refractivity contribution in [1.29, 1.82) is 0 Å². The third-order valence-electron chi connectivity index (χ3n) is 1.87. The molecule has 0 aromatic rings. The maximum absolute atomic E-state index is 11.5. The predicted molar refractivity (Wildman–Crippen MR) is 65.9 cm³/mol. The Labute approximate surface area is 107 Å². The third kappa shape index (κ3) is 7.48. The van der Waals surface area contributed by atoms with Crippen LogP contribution in [0.3, 0.4) is 0 Å². The summed E-state index contributed by atoms with van der Waals surface area (Å²) in [5, 5.41) is 7.37. The van der Waals surface area contributed by atoms with E-state index in [1.807, 2.05) is 13.8 Å². The number of nitrogens with one attached hydrogen (secondary N) is 3. The number of ether oxygens (including phenoxy) is 1. The smallest absolute Gasteiger partial charge is 0.325 e. The summed E-state index contributed by atoms with van der Waals surface area (Å²) in [6, 6.07) is -1.26. The van der Waals surface area contributed by atoms with E-state index in [1.165, 1.54) is 0 Å². The first-order valence-corrected chi connectivity index (χ1v) is 5.87. The van der Waals surface area contributed by atoms with Crippen LogP contribution in [0.2, 0.25) is 0 Å². The number of hydrogen-bond acceptors (Lipinski definition) is 4. The fourth-order valence-corrected chi connectivity index (χ4v) is 1.09. The first-order valence-electron chi connectivity index (χ1n) is 5.87. The van der Waals surface area contributed by atoms with Crippen LogP contribution < -0.4 is 16.0 Å². The van der Waals surface area contributed by atoms with Gasteiger partial charge in [0.25, 0.3) is 0 Å². The van der Waals surface area contributed by atoms with Crippen molar-refractivity contribution in [3.63, 3.8) is 0 Å². The van der Waals surface area contributed by atoms with Gasteiger partial charge in [0.15, 0.2) is 0 Å². The summed E-state index contributed by atoms with van der Waals surface area (Å²) in [6.45, 7) is 6.92. The van der Waals surface area contributed by atoms with E-state index < -0.39 is 18.0 Å². The second kappa shape index (κ2) is 8.32. The lowest BCUT2D eigenvalue weighted by molar-refractivity contribution is -0.141. The van der Waals surface area contributed by atoms with E-state index in [-0.39, 0.29) is 25.1 Å². The van der Waals surface area contributed by atoms with Crippen molar-refractivity contribution in [1.82, 2.24) is 16.0 Å². The number of amides is 3. The Hall–Kier alpha value is -1.79. The summed E-state index contributed by atoms with van der Waals surface area (Å²) in [7, 11) is 0. The predicted octanol–water partition coefficient (Wildman–Crippen LogP) is -0.238. The van der Waals surface area contributed by atoms with Crippen molar-refractivity contribution in [3.8, 4) is 0 Å². The van der Waals surface area contributed by atoms with Crippen LogP contribution in [0.1, 0.15) is 27.7 Å². The Morgan fingerprint density at radius 3 is 2.22 bits per heavy atom. The Morgan fingerprint density at radius 2 is 1.72 bits per heavy atom. The largest absolute Gasteiger partial charge is 0.465 e. The lowest BCUT2D eigenvalue weighted by Gasteiger charge is -2.16. The number of carbonyl (C=O) groups is 3. The van der Waals surface area contributed by atoms with E-state index in [0.717, 1.165) is 0 Å². The molecule has 18 heavy (non-hydrogen) atoms. The molecule has 0 spiro atoms. The Kier molecular flexibility index (Phi) is 7.50. The first-order chi connectivity index (χ1) is 8.36. The molecule has 0 bridgehead atoms. The van der Waals surface area contributed by atoms with Gasteiger partial charge >= 0.3 is 12.0 Å². The zero-order valence-corrected chi connectivity index (χ0v) is 11.2. The molecule has 7 heteroatoms. The van der Waals surface area contributed by atoms with E-state index in [0.29, 0.717) is 0 Å². The second-order valence-electron chi connectivity index (χ2n) is 4.02. The van der Waals surface area contributed by atoms with Crippen LogP contribution in [0, 0.1) is 0 Å². The van der Waals surface area contributed by atoms with E-state index in [4.69, 9.17) is 0 Å². The van der Waals surface area contributed by atoms with Crippen molar-refractivity contribution < 1.29 is 19.1 Å². The normalized spacial score (nSPS) is 11.6. The van der Waals surface area contributed by atoms with Crippen LogP contribution in [0.5, 0.6) is 0 Å². The van der Waals surface area contributed by atoms with Gasteiger partial charge in [0, 0.05) is 6.04 Å². The summed E-state index contributed by atoms with van der Waals surface area (Å²) in [5.74, 6) is -0.803. The van der Waals surface area contributed by atoms with Crippen molar-refractivity contribution in [2.75, 3.05) is 13.2 Å². The number of rotatable bonds is 6. The minimum absolute atomic E-state index is 0.00402. The molecule has 0 aliphatic rings. The van der Waals surface area contributed by atoms with E-state index in [1.54, 1.807) is 13.8 Å². The van der Waals surface area contributed by atoms with Crippen LogP contribution in [0.25, 0.3) is 0 Å². The lowest BCUT2D eigenvalue weighted by atomic mass is 10.3. The van der Waals surface area contributed by atoms with Gasteiger partial charge in [0.1, 0.15) is 12.6 Å². The molecule has 3 amide bonds. The molecule has 0 saturated carbocycles. The maximum atomic E-state index is 11.5. The molecule has 0 aromatic heterocycles. The quantitative estimate of drug-likeness (QED) is 0.574. The molecule has 0 aliphatic heterocycles. The molecule has 0 rings (SSSR count). The van der Waals surface area contributed by atoms with Crippen molar-refractivity contribution in [2.45, 2.75) is 39.8 Å². The highest BCUT2D eigenvalue weighted by atomic mass is 16.5. The molecule has 0 radical (unpaired) electrons. The van der Waals surface area contributed by atoms with Crippen LogP contribution in [-0.2, 0) is 14.3 Å². The first kappa shape index (κ1) is 16.2. The van der Waals surface area contributed by atoms with Crippen molar-refractivity contribution in [3.05, 3.63) is 0 Å². The van der Waals surface area contributed by atoms with Gasteiger partial charge in [-0.3, -0.25) is 9.59 Å². The Balaban J connectivity index is 3.93. The number of carbonyl (C=O) groups excluding carboxylic acids is 3. The minimum atomic E-state index is -0.672. The van der Waals surface area contributed by atoms with Crippen LogP contribution in [-0.4, -0.2) is 43.1 Å². The average molecular weight is 259 g/mol. The topological polar surface area (TPSA) is 96.5 Å². The van der Waals surface area contributed by atoms with E-state index >= 15 is 0 Å². The van der Waals surface area contributed by atoms with Crippen LogP contribution >= 0.6 is 0 Å². The average Bonchev–Trinajstić information content (AvgIpc) is 2.25. The molecule has 0 aromatic carbocycles. The second-order valence-corrected chi connectivity index (χ2v) is 4.02. The molecule has 104 valence electrons.